The highest BCUT2D eigenvalue weighted by atomic mass is 35.5. The average Bonchev–Trinajstić information content (AvgIpc) is 2.78. The first-order valence-corrected chi connectivity index (χ1v) is 7.19. The third kappa shape index (κ3) is 2.43. The standard InChI is InChI=1S/C14H23N3.ClH/c1-2-12-14(11-6-8-15-9-7-11)13-5-3-4-10-17(13)16-12;/h11,15H,2-10H2,1H3;1H. The lowest BCUT2D eigenvalue weighted by molar-refractivity contribution is 0.446. The SMILES string of the molecule is CCc1nn2c(c1C1CCNCC1)CCCC2.Cl. The van der Waals surface area contributed by atoms with Crippen LogP contribution < -0.4 is 5.32 Å². The molecule has 0 bridgehead atoms. The van der Waals surface area contributed by atoms with Gasteiger partial charge in [0.2, 0.25) is 0 Å². The summed E-state index contributed by atoms with van der Waals surface area (Å²) < 4.78 is 2.31. The summed E-state index contributed by atoms with van der Waals surface area (Å²) in [6.07, 6.45) is 7.61. The lowest BCUT2D eigenvalue weighted by Crippen LogP contribution is -2.27. The topological polar surface area (TPSA) is 29.9 Å². The van der Waals surface area contributed by atoms with Gasteiger partial charge in [-0.1, -0.05) is 6.92 Å². The maximum Gasteiger partial charge on any atom is 0.0659 e. The van der Waals surface area contributed by atoms with Crippen molar-refractivity contribution >= 4 is 12.4 Å². The van der Waals surface area contributed by atoms with E-state index in [1.807, 2.05) is 0 Å². The molecule has 0 spiro atoms. The number of piperidine rings is 1. The lowest BCUT2D eigenvalue weighted by atomic mass is 9.86. The normalized spacial score (nSPS) is 20.3. The van der Waals surface area contributed by atoms with E-state index in [1.54, 1.807) is 11.3 Å². The molecule has 3 nitrogen and oxygen atoms in total. The number of hydrogen-bond acceptors (Lipinski definition) is 2. The van der Waals surface area contributed by atoms with E-state index in [4.69, 9.17) is 5.10 Å². The summed E-state index contributed by atoms with van der Waals surface area (Å²) in [5.41, 5.74) is 4.59. The van der Waals surface area contributed by atoms with Crippen LogP contribution in [0.1, 0.15) is 55.5 Å². The Morgan fingerprint density at radius 1 is 1.28 bits per heavy atom. The smallest absolute Gasteiger partial charge is 0.0659 e. The molecule has 0 saturated carbocycles. The molecule has 0 amide bonds. The maximum absolute atomic E-state index is 4.84. The highest BCUT2D eigenvalue weighted by Crippen LogP contribution is 2.33. The minimum Gasteiger partial charge on any atom is -0.317 e. The first-order chi connectivity index (χ1) is 8.40. The molecule has 1 aromatic heterocycles. The predicted octanol–water partition coefficient (Wildman–Crippen LogP) is 2.67. The maximum atomic E-state index is 4.84. The molecule has 2 aliphatic rings. The van der Waals surface area contributed by atoms with Gasteiger partial charge in [-0.25, -0.2) is 0 Å². The molecule has 1 saturated heterocycles. The van der Waals surface area contributed by atoms with E-state index in [0.717, 1.165) is 18.9 Å². The first-order valence-electron chi connectivity index (χ1n) is 7.19. The van der Waals surface area contributed by atoms with Gasteiger partial charge in [0.05, 0.1) is 5.69 Å². The van der Waals surface area contributed by atoms with Gasteiger partial charge in [-0.05, 0) is 63.1 Å². The summed E-state index contributed by atoms with van der Waals surface area (Å²) in [7, 11) is 0. The fourth-order valence-corrected chi connectivity index (χ4v) is 3.41. The number of rotatable bonds is 2. The highest BCUT2D eigenvalue weighted by Gasteiger charge is 2.26. The van der Waals surface area contributed by atoms with Crippen molar-refractivity contribution in [3.8, 4) is 0 Å². The Morgan fingerprint density at radius 3 is 2.78 bits per heavy atom. The van der Waals surface area contributed by atoms with Gasteiger partial charge >= 0.3 is 0 Å². The van der Waals surface area contributed by atoms with Gasteiger partial charge in [0.25, 0.3) is 0 Å². The Balaban J connectivity index is 0.00000120. The molecular formula is C14H24ClN3. The van der Waals surface area contributed by atoms with Crippen LogP contribution in [0.2, 0.25) is 0 Å². The van der Waals surface area contributed by atoms with Crippen LogP contribution in [0.5, 0.6) is 0 Å². The van der Waals surface area contributed by atoms with E-state index in [9.17, 15) is 0 Å². The molecule has 3 heterocycles. The van der Waals surface area contributed by atoms with Gasteiger partial charge < -0.3 is 5.32 Å². The molecule has 0 atom stereocenters. The number of hydrogen-bond donors (Lipinski definition) is 1. The number of nitrogens with zero attached hydrogens (tertiary/aromatic N) is 2. The zero-order chi connectivity index (χ0) is 11.7. The van der Waals surface area contributed by atoms with Gasteiger partial charge in [-0.2, -0.15) is 5.10 Å². The Hall–Kier alpha value is -0.540. The van der Waals surface area contributed by atoms with E-state index in [1.165, 1.54) is 50.9 Å². The molecule has 3 rings (SSSR count). The van der Waals surface area contributed by atoms with Gasteiger partial charge in [-0.3, -0.25) is 4.68 Å². The van der Waals surface area contributed by atoms with Crippen molar-refractivity contribution in [3.63, 3.8) is 0 Å². The molecular weight excluding hydrogens is 246 g/mol. The molecule has 0 radical (unpaired) electrons. The summed E-state index contributed by atoms with van der Waals surface area (Å²) in [6.45, 7) is 5.75. The molecule has 0 aromatic carbocycles. The summed E-state index contributed by atoms with van der Waals surface area (Å²) in [4.78, 5) is 0. The van der Waals surface area contributed by atoms with Crippen molar-refractivity contribution in [2.24, 2.45) is 0 Å². The van der Waals surface area contributed by atoms with Crippen LogP contribution in [0.25, 0.3) is 0 Å². The van der Waals surface area contributed by atoms with E-state index in [-0.39, 0.29) is 12.4 Å². The molecule has 0 unspecified atom stereocenters. The summed E-state index contributed by atoms with van der Waals surface area (Å²) >= 11 is 0. The second-order valence-corrected chi connectivity index (χ2v) is 5.37. The minimum atomic E-state index is 0. The molecule has 0 aliphatic carbocycles. The van der Waals surface area contributed by atoms with Crippen LogP contribution >= 0.6 is 12.4 Å². The van der Waals surface area contributed by atoms with Crippen molar-refractivity contribution in [1.29, 1.82) is 0 Å². The number of aromatic nitrogens is 2. The lowest BCUT2D eigenvalue weighted by Gasteiger charge is -2.25. The molecule has 1 fully saturated rings. The van der Waals surface area contributed by atoms with E-state index in [0.29, 0.717) is 0 Å². The second kappa shape index (κ2) is 6.07. The fourth-order valence-electron chi connectivity index (χ4n) is 3.41. The van der Waals surface area contributed by atoms with E-state index < -0.39 is 0 Å². The zero-order valence-electron chi connectivity index (χ0n) is 11.2. The monoisotopic (exact) mass is 269 g/mol. The van der Waals surface area contributed by atoms with Gasteiger partial charge in [-0.15, -0.1) is 12.4 Å². The molecule has 4 heteroatoms. The Morgan fingerprint density at radius 2 is 2.06 bits per heavy atom. The van der Waals surface area contributed by atoms with Crippen LogP contribution in [0.3, 0.4) is 0 Å². The van der Waals surface area contributed by atoms with Crippen LogP contribution in [0.15, 0.2) is 0 Å². The third-order valence-corrected chi connectivity index (χ3v) is 4.29. The number of fused-ring (bicyclic) bond motifs is 1. The van der Waals surface area contributed by atoms with Gasteiger partial charge in [0.15, 0.2) is 0 Å². The quantitative estimate of drug-likeness (QED) is 0.895. The largest absolute Gasteiger partial charge is 0.317 e. The molecule has 1 N–H and O–H groups in total. The van der Waals surface area contributed by atoms with Gasteiger partial charge in [0, 0.05) is 12.2 Å². The minimum absolute atomic E-state index is 0. The molecule has 1 aromatic rings. The van der Waals surface area contributed by atoms with Crippen molar-refractivity contribution in [1.82, 2.24) is 15.1 Å². The predicted molar refractivity (Wildman–Crippen MR) is 76.6 cm³/mol. The van der Waals surface area contributed by atoms with Crippen LogP contribution in [0, 0.1) is 0 Å². The van der Waals surface area contributed by atoms with Crippen molar-refractivity contribution < 1.29 is 0 Å². The van der Waals surface area contributed by atoms with Crippen LogP contribution in [-0.4, -0.2) is 22.9 Å². The average molecular weight is 270 g/mol. The molecule has 102 valence electrons. The van der Waals surface area contributed by atoms with Crippen molar-refractivity contribution in [2.75, 3.05) is 13.1 Å². The number of nitrogens with one attached hydrogen (secondary N) is 1. The summed E-state index contributed by atoms with van der Waals surface area (Å²) in [5, 5.41) is 8.31. The number of aryl methyl sites for hydroxylation is 2. The molecule has 2 aliphatic heterocycles. The molecule has 18 heavy (non-hydrogen) atoms. The van der Waals surface area contributed by atoms with Crippen LogP contribution in [-0.2, 0) is 19.4 Å². The summed E-state index contributed by atoms with van der Waals surface area (Å²) in [6, 6.07) is 0. The second-order valence-electron chi connectivity index (χ2n) is 5.37. The zero-order valence-corrected chi connectivity index (χ0v) is 12.1. The van der Waals surface area contributed by atoms with Crippen molar-refractivity contribution in [3.05, 3.63) is 17.0 Å². The number of halogens is 1. The fraction of sp³-hybridized carbons (Fsp3) is 0.786. The van der Waals surface area contributed by atoms with Gasteiger partial charge in [0.1, 0.15) is 0 Å². The van der Waals surface area contributed by atoms with Crippen LogP contribution in [0.4, 0.5) is 0 Å². The van der Waals surface area contributed by atoms with E-state index >= 15 is 0 Å². The Kier molecular flexibility index (Phi) is 4.68. The first kappa shape index (κ1) is 13.9. The third-order valence-electron chi connectivity index (χ3n) is 4.29. The van der Waals surface area contributed by atoms with Crippen molar-refractivity contribution in [2.45, 2.75) is 57.9 Å². The highest BCUT2D eigenvalue weighted by molar-refractivity contribution is 5.85. The Bertz CT molecular complexity index is 394. The Labute approximate surface area is 116 Å². The van der Waals surface area contributed by atoms with E-state index in [2.05, 4.69) is 16.9 Å². The summed E-state index contributed by atoms with van der Waals surface area (Å²) in [5.74, 6) is 0.771.